The number of hydrogen-bond acceptors (Lipinski definition) is 8. The van der Waals surface area contributed by atoms with E-state index in [1.807, 2.05) is 32.0 Å². The van der Waals surface area contributed by atoms with Crippen LogP contribution in [0.1, 0.15) is 44.9 Å². The van der Waals surface area contributed by atoms with Crippen molar-refractivity contribution < 1.29 is 9.84 Å². The lowest BCUT2D eigenvalue weighted by Crippen LogP contribution is -2.50. The minimum atomic E-state index is -0.700. The Kier molecular flexibility index (Phi) is 5.61. The van der Waals surface area contributed by atoms with Gasteiger partial charge in [-0.1, -0.05) is 0 Å². The summed E-state index contributed by atoms with van der Waals surface area (Å²) in [7, 11) is 0. The normalized spacial score (nSPS) is 18.6. The summed E-state index contributed by atoms with van der Waals surface area (Å²) in [5.74, 6) is 1.53. The molecule has 1 aromatic heterocycles. The highest BCUT2D eigenvalue weighted by Crippen LogP contribution is 2.40. The first-order chi connectivity index (χ1) is 14.6. The van der Waals surface area contributed by atoms with Gasteiger partial charge in [0.1, 0.15) is 23.5 Å². The van der Waals surface area contributed by atoms with Gasteiger partial charge in [-0.25, -0.2) is 9.97 Å². The standard InChI is InChI=1S/C23H32N6O2/c1-22(2,30)14-28-8-10-29(11-9-28)20-13-19(26-15-27-20)21(25)17-12-16(4-5-18(17)24)31-23(3)6-7-23/h4-5,12-13,15,25,30H,6-11,14,24H2,1-3H3. The summed E-state index contributed by atoms with van der Waals surface area (Å²) < 4.78 is 6.04. The van der Waals surface area contributed by atoms with E-state index in [9.17, 15) is 5.11 Å². The number of aromatic nitrogens is 2. The van der Waals surface area contributed by atoms with Gasteiger partial charge in [-0.05, 0) is 51.8 Å². The van der Waals surface area contributed by atoms with Gasteiger partial charge in [-0.3, -0.25) is 10.3 Å². The van der Waals surface area contributed by atoms with Crippen molar-refractivity contribution in [2.75, 3.05) is 43.4 Å². The molecule has 2 fully saturated rings. The monoisotopic (exact) mass is 424 g/mol. The number of anilines is 2. The van der Waals surface area contributed by atoms with Crippen LogP contribution >= 0.6 is 0 Å². The molecule has 166 valence electrons. The van der Waals surface area contributed by atoms with E-state index in [2.05, 4.69) is 26.7 Å². The van der Waals surface area contributed by atoms with Crippen molar-refractivity contribution in [3.63, 3.8) is 0 Å². The maximum Gasteiger partial charge on any atom is 0.132 e. The molecule has 4 rings (SSSR count). The first-order valence-electron chi connectivity index (χ1n) is 10.8. The molecule has 1 aliphatic heterocycles. The molecule has 2 aromatic rings. The molecule has 8 heteroatoms. The zero-order valence-corrected chi connectivity index (χ0v) is 18.6. The third kappa shape index (κ3) is 5.32. The van der Waals surface area contributed by atoms with Gasteiger partial charge in [-0.15, -0.1) is 0 Å². The number of nitrogen functional groups attached to an aromatic ring is 1. The Hall–Kier alpha value is -2.71. The van der Waals surface area contributed by atoms with Crippen molar-refractivity contribution in [1.29, 1.82) is 5.41 Å². The summed E-state index contributed by atoms with van der Waals surface area (Å²) in [5, 5.41) is 18.8. The van der Waals surface area contributed by atoms with Crippen molar-refractivity contribution in [3.05, 3.63) is 41.9 Å². The van der Waals surface area contributed by atoms with Gasteiger partial charge in [0.15, 0.2) is 0 Å². The molecule has 0 spiro atoms. The van der Waals surface area contributed by atoms with Crippen LogP contribution in [0.4, 0.5) is 11.5 Å². The van der Waals surface area contributed by atoms with Crippen LogP contribution in [0.25, 0.3) is 0 Å². The lowest BCUT2D eigenvalue weighted by atomic mass is 10.0. The molecule has 0 radical (unpaired) electrons. The third-order valence-corrected chi connectivity index (χ3v) is 5.83. The van der Waals surface area contributed by atoms with Gasteiger partial charge >= 0.3 is 0 Å². The van der Waals surface area contributed by atoms with E-state index in [1.165, 1.54) is 6.33 Å². The SMILES string of the molecule is CC(C)(O)CN1CCN(c2cc(C(=N)c3cc(OC4(C)CC4)ccc3N)ncn2)CC1. The van der Waals surface area contributed by atoms with Crippen LogP contribution in [0.2, 0.25) is 0 Å². The van der Waals surface area contributed by atoms with E-state index < -0.39 is 5.60 Å². The van der Waals surface area contributed by atoms with Crippen LogP contribution in [0.3, 0.4) is 0 Å². The predicted molar refractivity (Wildman–Crippen MR) is 122 cm³/mol. The average Bonchev–Trinajstić information content (AvgIpc) is 3.45. The maximum absolute atomic E-state index is 10.0. The first-order valence-corrected chi connectivity index (χ1v) is 10.8. The number of aliphatic hydroxyl groups is 1. The van der Waals surface area contributed by atoms with E-state index in [4.69, 9.17) is 15.9 Å². The second-order valence-corrected chi connectivity index (χ2v) is 9.51. The molecule has 2 heterocycles. The summed E-state index contributed by atoms with van der Waals surface area (Å²) in [4.78, 5) is 13.2. The smallest absolute Gasteiger partial charge is 0.132 e. The zero-order valence-electron chi connectivity index (χ0n) is 18.6. The van der Waals surface area contributed by atoms with Crippen LogP contribution in [0.15, 0.2) is 30.6 Å². The van der Waals surface area contributed by atoms with Crippen molar-refractivity contribution >= 4 is 17.2 Å². The molecule has 4 N–H and O–H groups in total. The van der Waals surface area contributed by atoms with Crippen molar-refractivity contribution in [3.8, 4) is 5.75 Å². The lowest BCUT2D eigenvalue weighted by molar-refractivity contribution is 0.0344. The van der Waals surface area contributed by atoms with Crippen LogP contribution in [0, 0.1) is 5.41 Å². The van der Waals surface area contributed by atoms with Crippen molar-refractivity contribution in [2.45, 2.75) is 44.8 Å². The summed E-state index contributed by atoms with van der Waals surface area (Å²) >= 11 is 0. The number of β-amino-alcohol motifs (C(OH)–C–C–N with tert-alkyl or cyclic N) is 1. The van der Waals surface area contributed by atoms with E-state index in [0.717, 1.165) is 50.6 Å². The minimum Gasteiger partial charge on any atom is -0.488 e. The second kappa shape index (κ2) is 8.09. The van der Waals surface area contributed by atoms with Crippen LogP contribution in [-0.4, -0.2) is 69.6 Å². The number of benzene rings is 1. The Bertz CT molecular complexity index is 959. The zero-order chi connectivity index (χ0) is 22.2. The Morgan fingerprint density at radius 3 is 2.55 bits per heavy atom. The van der Waals surface area contributed by atoms with Crippen LogP contribution in [0.5, 0.6) is 5.75 Å². The summed E-state index contributed by atoms with van der Waals surface area (Å²) in [6.07, 6.45) is 3.59. The molecule has 1 aromatic carbocycles. The Balaban J connectivity index is 1.47. The quantitative estimate of drug-likeness (QED) is 0.462. The molecule has 0 bridgehead atoms. The molecule has 2 aliphatic rings. The highest BCUT2D eigenvalue weighted by molar-refractivity contribution is 6.13. The number of piperazine rings is 1. The molecule has 1 saturated heterocycles. The molecule has 0 atom stereocenters. The number of rotatable bonds is 7. The summed E-state index contributed by atoms with van der Waals surface area (Å²) in [5.41, 5.74) is 7.31. The Morgan fingerprint density at radius 2 is 1.90 bits per heavy atom. The number of nitrogens with one attached hydrogen (secondary N) is 1. The first kappa shape index (κ1) is 21.5. The predicted octanol–water partition coefficient (Wildman–Crippen LogP) is 2.30. The van der Waals surface area contributed by atoms with Crippen LogP contribution < -0.4 is 15.4 Å². The van der Waals surface area contributed by atoms with E-state index >= 15 is 0 Å². The molecule has 0 amide bonds. The topological polar surface area (TPSA) is 112 Å². The maximum atomic E-state index is 10.0. The number of nitrogens with two attached hydrogens (primary N) is 1. The van der Waals surface area contributed by atoms with E-state index in [0.29, 0.717) is 23.5 Å². The molecule has 1 saturated carbocycles. The summed E-state index contributed by atoms with van der Waals surface area (Å²) in [6, 6.07) is 7.32. The molecule has 31 heavy (non-hydrogen) atoms. The molecule has 8 nitrogen and oxygen atoms in total. The largest absolute Gasteiger partial charge is 0.488 e. The Morgan fingerprint density at radius 1 is 1.19 bits per heavy atom. The van der Waals surface area contributed by atoms with Gasteiger partial charge < -0.3 is 20.5 Å². The number of nitrogens with zero attached hydrogens (tertiary/aromatic N) is 4. The molecule has 0 unspecified atom stereocenters. The number of hydrogen-bond donors (Lipinski definition) is 3. The lowest BCUT2D eigenvalue weighted by Gasteiger charge is -2.37. The van der Waals surface area contributed by atoms with E-state index in [-0.39, 0.29) is 11.3 Å². The highest BCUT2D eigenvalue weighted by atomic mass is 16.5. The minimum absolute atomic E-state index is 0.0922. The van der Waals surface area contributed by atoms with Gasteiger partial charge in [-0.2, -0.15) is 0 Å². The fourth-order valence-electron chi connectivity index (χ4n) is 3.85. The fourth-order valence-corrected chi connectivity index (χ4v) is 3.85. The molecular formula is C23H32N6O2. The highest BCUT2D eigenvalue weighted by Gasteiger charge is 2.40. The van der Waals surface area contributed by atoms with Gasteiger partial charge in [0.25, 0.3) is 0 Å². The van der Waals surface area contributed by atoms with Gasteiger partial charge in [0.05, 0.1) is 17.0 Å². The number of ether oxygens (including phenoxy) is 1. The summed E-state index contributed by atoms with van der Waals surface area (Å²) in [6.45, 7) is 9.73. The van der Waals surface area contributed by atoms with Crippen molar-refractivity contribution in [1.82, 2.24) is 14.9 Å². The van der Waals surface area contributed by atoms with Crippen molar-refractivity contribution in [2.24, 2.45) is 0 Å². The molecule has 1 aliphatic carbocycles. The fraction of sp³-hybridized carbons (Fsp3) is 0.522. The van der Waals surface area contributed by atoms with Gasteiger partial charge in [0, 0.05) is 50.0 Å². The van der Waals surface area contributed by atoms with Crippen LogP contribution in [-0.2, 0) is 0 Å². The third-order valence-electron chi connectivity index (χ3n) is 5.83. The van der Waals surface area contributed by atoms with E-state index in [1.54, 1.807) is 6.07 Å². The second-order valence-electron chi connectivity index (χ2n) is 9.51. The Labute approximate surface area is 183 Å². The molecular weight excluding hydrogens is 392 g/mol. The van der Waals surface area contributed by atoms with Gasteiger partial charge in [0.2, 0.25) is 0 Å². The average molecular weight is 425 g/mol.